The molecule has 2 aromatic rings. The fourth-order valence-corrected chi connectivity index (χ4v) is 3.89. The van der Waals surface area contributed by atoms with Gasteiger partial charge in [0.25, 0.3) is 5.91 Å². The molecule has 3 heterocycles. The van der Waals surface area contributed by atoms with Crippen molar-refractivity contribution in [2.75, 3.05) is 19.6 Å². The Morgan fingerprint density at radius 1 is 1.36 bits per heavy atom. The van der Waals surface area contributed by atoms with Crippen molar-refractivity contribution in [1.82, 2.24) is 10.1 Å². The Labute approximate surface area is 151 Å². The van der Waals surface area contributed by atoms with Crippen molar-refractivity contribution in [1.29, 1.82) is 0 Å². The van der Waals surface area contributed by atoms with Gasteiger partial charge >= 0.3 is 0 Å². The number of likely N-dealkylation sites (tertiary alicyclic amines) is 1. The van der Waals surface area contributed by atoms with Gasteiger partial charge in [-0.05, 0) is 44.2 Å². The second kappa shape index (κ2) is 7.93. The van der Waals surface area contributed by atoms with Crippen LogP contribution in [0.5, 0.6) is 0 Å². The number of amides is 1. The largest absolute Gasteiger partial charge is 0.364 e. The van der Waals surface area contributed by atoms with Crippen LogP contribution in [0.25, 0.3) is 10.6 Å². The summed E-state index contributed by atoms with van der Waals surface area (Å²) >= 11 is 1.56. The monoisotopic (exact) mass is 361 g/mol. The van der Waals surface area contributed by atoms with Crippen molar-refractivity contribution in [3.05, 3.63) is 28.8 Å². The first-order valence-corrected chi connectivity index (χ1v) is 9.49. The van der Waals surface area contributed by atoms with Gasteiger partial charge in [-0.25, -0.2) is 0 Å². The van der Waals surface area contributed by atoms with Crippen LogP contribution in [-0.4, -0.2) is 41.4 Å². The SMILES string of the molecule is CC(=O)C1CN(CCCCCc2c(C(N)=O)noc2-c2cccs2)C1. The standard InChI is InChI=1S/C18H23N3O3S/c1-12(22)13-10-21(11-13)8-4-2-3-6-14-16(18(19)23)20-24-17(14)15-7-5-9-25-15/h5,7,9,13H,2-4,6,8,10-11H2,1H3,(H2,19,23). The molecule has 3 rings (SSSR count). The van der Waals surface area contributed by atoms with Crippen LogP contribution in [0.15, 0.2) is 22.0 Å². The van der Waals surface area contributed by atoms with Gasteiger partial charge in [-0.3, -0.25) is 9.59 Å². The van der Waals surface area contributed by atoms with Gasteiger partial charge in [0.1, 0.15) is 5.78 Å². The number of ketones is 1. The van der Waals surface area contributed by atoms with E-state index in [1.54, 1.807) is 18.3 Å². The maximum atomic E-state index is 11.6. The number of hydrogen-bond donors (Lipinski definition) is 1. The number of thiophene rings is 1. The highest BCUT2D eigenvalue weighted by molar-refractivity contribution is 7.13. The van der Waals surface area contributed by atoms with Crippen LogP contribution in [0.3, 0.4) is 0 Å². The Balaban J connectivity index is 1.49. The molecule has 1 saturated heterocycles. The summed E-state index contributed by atoms with van der Waals surface area (Å²) in [6.45, 7) is 4.49. The van der Waals surface area contributed by atoms with Crippen LogP contribution >= 0.6 is 11.3 Å². The lowest BCUT2D eigenvalue weighted by molar-refractivity contribution is -0.125. The maximum absolute atomic E-state index is 11.6. The van der Waals surface area contributed by atoms with E-state index >= 15 is 0 Å². The number of nitrogens with two attached hydrogens (primary N) is 1. The lowest BCUT2D eigenvalue weighted by atomic mass is 9.95. The summed E-state index contributed by atoms with van der Waals surface area (Å²) in [5.41, 5.74) is 6.48. The van der Waals surface area contributed by atoms with Crippen LogP contribution < -0.4 is 5.73 Å². The summed E-state index contributed by atoms with van der Waals surface area (Å²) < 4.78 is 5.38. The molecular formula is C18H23N3O3S. The highest BCUT2D eigenvalue weighted by atomic mass is 32.1. The Bertz CT molecular complexity index is 733. The van der Waals surface area contributed by atoms with Gasteiger partial charge in [-0.1, -0.05) is 17.6 Å². The second-order valence-corrected chi connectivity index (χ2v) is 7.51. The van der Waals surface area contributed by atoms with Gasteiger partial charge in [0.05, 0.1) is 4.88 Å². The minimum Gasteiger partial charge on any atom is -0.364 e. The molecular weight excluding hydrogens is 338 g/mol. The zero-order valence-corrected chi connectivity index (χ0v) is 15.2. The molecule has 6 nitrogen and oxygen atoms in total. The van der Waals surface area contributed by atoms with E-state index in [0.717, 1.165) is 55.8 Å². The molecule has 0 spiro atoms. The number of aromatic nitrogens is 1. The molecule has 0 atom stereocenters. The molecule has 1 amide bonds. The van der Waals surface area contributed by atoms with E-state index in [0.29, 0.717) is 11.5 Å². The van der Waals surface area contributed by atoms with Crippen LogP contribution in [0.1, 0.15) is 42.2 Å². The van der Waals surface area contributed by atoms with Crippen molar-refractivity contribution < 1.29 is 14.1 Å². The third-order valence-electron chi connectivity index (χ3n) is 4.70. The number of carbonyl (C=O) groups excluding carboxylic acids is 2. The minimum absolute atomic E-state index is 0.239. The molecule has 0 aromatic carbocycles. The van der Waals surface area contributed by atoms with Crippen molar-refractivity contribution in [3.8, 4) is 10.6 Å². The Morgan fingerprint density at radius 3 is 2.80 bits per heavy atom. The van der Waals surface area contributed by atoms with Gasteiger partial charge in [-0.15, -0.1) is 11.3 Å². The summed E-state index contributed by atoms with van der Waals surface area (Å²) in [6.07, 6.45) is 3.81. The van der Waals surface area contributed by atoms with Crippen molar-refractivity contribution in [3.63, 3.8) is 0 Å². The van der Waals surface area contributed by atoms with Gasteiger partial charge in [0.2, 0.25) is 0 Å². The van der Waals surface area contributed by atoms with Crippen molar-refractivity contribution >= 4 is 23.0 Å². The Morgan fingerprint density at radius 2 is 2.16 bits per heavy atom. The van der Waals surface area contributed by atoms with E-state index in [2.05, 4.69) is 10.1 Å². The first-order valence-electron chi connectivity index (χ1n) is 8.61. The summed E-state index contributed by atoms with van der Waals surface area (Å²) in [5.74, 6) is 0.653. The molecule has 7 heteroatoms. The maximum Gasteiger partial charge on any atom is 0.271 e. The third-order valence-corrected chi connectivity index (χ3v) is 5.57. The number of unbranched alkanes of at least 4 members (excludes halogenated alkanes) is 2. The fourth-order valence-electron chi connectivity index (χ4n) is 3.16. The van der Waals surface area contributed by atoms with E-state index in [-0.39, 0.29) is 11.6 Å². The average Bonchev–Trinajstić information content (AvgIpc) is 3.16. The molecule has 0 radical (unpaired) electrons. The third kappa shape index (κ3) is 4.16. The lowest BCUT2D eigenvalue weighted by Gasteiger charge is -2.37. The van der Waals surface area contributed by atoms with Crippen LogP contribution in [0.4, 0.5) is 0 Å². The van der Waals surface area contributed by atoms with Crippen molar-refractivity contribution in [2.24, 2.45) is 11.7 Å². The molecule has 1 aliphatic rings. The first kappa shape index (κ1) is 17.8. The van der Waals surface area contributed by atoms with E-state index < -0.39 is 5.91 Å². The first-order chi connectivity index (χ1) is 12.1. The number of hydrogen-bond acceptors (Lipinski definition) is 6. The van der Waals surface area contributed by atoms with Crippen molar-refractivity contribution in [2.45, 2.75) is 32.6 Å². The fraction of sp³-hybridized carbons (Fsp3) is 0.500. The molecule has 0 bridgehead atoms. The Kier molecular flexibility index (Phi) is 5.65. The second-order valence-electron chi connectivity index (χ2n) is 6.56. The molecule has 2 N–H and O–H groups in total. The number of rotatable bonds is 9. The minimum atomic E-state index is -0.544. The highest BCUT2D eigenvalue weighted by Gasteiger charge is 2.29. The Hall–Kier alpha value is -1.99. The number of Topliss-reactive ketones (excluding diaryl/α,β-unsaturated/α-hetero) is 1. The van der Waals surface area contributed by atoms with E-state index in [4.69, 9.17) is 10.3 Å². The molecule has 134 valence electrons. The van der Waals surface area contributed by atoms with Gasteiger partial charge < -0.3 is 15.2 Å². The predicted octanol–water partition coefficient (Wildman–Crippen LogP) is 2.74. The van der Waals surface area contributed by atoms with Crippen LogP contribution in [-0.2, 0) is 11.2 Å². The summed E-state index contributed by atoms with van der Waals surface area (Å²) in [6, 6.07) is 3.90. The quantitative estimate of drug-likeness (QED) is 0.694. The molecule has 1 fully saturated rings. The zero-order chi connectivity index (χ0) is 17.8. The lowest BCUT2D eigenvalue weighted by Crippen LogP contribution is -2.49. The van der Waals surface area contributed by atoms with Crippen LogP contribution in [0, 0.1) is 5.92 Å². The van der Waals surface area contributed by atoms with E-state index in [9.17, 15) is 9.59 Å². The van der Waals surface area contributed by atoms with Gasteiger partial charge in [0, 0.05) is 24.6 Å². The van der Waals surface area contributed by atoms with E-state index in [1.807, 2.05) is 17.5 Å². The number of nitrogens with zero attached hydrogens (tertiary/aromatic N) is 2. The summed E-state index contributed by atoms with van der Waals surface area (Å²) in [7, 11) is 0. The van der Waals surface area contributed by atoms with Crippen LogP contribution in [0.2, 0.25) is 0 Å². The molecule has 0 unspecified atom stereocenters. The summed E-state index contributed by atoms with van der Waals surface area (Å²) in [5, 5.41) is 5.83. The average molecular weight is 361 g/mol. The molecule has 0 saturated carbocycles. The van der Waals surface area contributed by atoms with Gasteiger partial charge in [0.15, 0.2) is 11.5 Å². The number of carbonyl (C=O) groups is 2. The van der Waals surface area contributed by atoms with E-state index in [1.165, 1.54) is 0 Å². The smallest absolute Gasteiger partial charge is 0.271 e. The summed E-state index contributed by atoms with van der Waals surface area (Å²) in [4.78, 5) is 26.1. The molecule has 2 aromatic heterocycles. The predicted molar refractivity (Wildman–Crippen MR) is 96.5 cm³/mol. The highest BCUT2D eigenvalue weighted by Crippen LogP contribution is 2.31. The topological polar surface area (TPSA) is 89.4 Å². The normalized spacial score (nSPS) is 15.2. The number of primary amides is 1. The molecule has 1 aliphatic heterocycles. The van der Waals surface area contributed by atoms with Gasteiger partial charge in [-0.2, -0.15) is 0 Å². The zero-order valence-electron chi connectivity index (χ0n) is 14.4. The molecule has 0 aliphatic carbocycles. The molecule has 25 heavy (non-hydrogen) atoms.